The SMILES string of the molecule is CCNCCNC(=O)CN(CC(=O)N(C)N1Cc2ccccc2C1)c1cc(C#N)ccc1OC. The van der Waals surface area contributed by atoms with Crippen molar-refractivity contribution in [1.82, 2.24) is 20.7 Å². The second-order valence-electron chi connectivity index (χ2n) is 8.07. The summed E-state index contributed by atoms with van der Waals surface area (Å²) in [5.74, 6) is 0.104. The summed E-state index contributed by atoms with van der Waals surface area (Å²) in [4.78, 5) is 27.6. The van der Waals surface area contributed by atoms with Crippen LogP contribution in [0.2, 0.25) is 0 Å². The van der Waals surface area contributed by atoms with Crippen LogP contribution >= 0.6 is 0 Å². The lowest BCUT2D eigenvalue weighted by Crippen LogP contribution is -2.48. The van der Waals surface area contributed by atoms with Crippen molar-refractivity contribution in [2.75, 3.05) is 51.8 Å². The summed E-state index contributed by atoms with van der Waals surface area (Å²) >= 11 is 0. The molecule has 0 saturated carbocycles. The van der Waals surface area contributed by atoms with Crippen LogP contribution in [0.5, 0.6) is 5.75 Å². The minimum Gasteiger partial charge on any atom is -0.495 e. The number of hydrazine groups is 1. The number of anilines is 1. The number of methoxy groups -OCH3 is 1. The van der Waals surface area contributed by atoms with Gasteiger partial charge in [0.2, 0.25) is 5.91 Å². The zero-order chi connectivity index (χ0) is 24.5. The van der Waals surface area contributed by atoms with Crippen LogP contribution in [0.15, 0.2) is 42.5 Å². The molecule has 0 spiro atoms. The van der Waals surface area contributed by atoms with Crippen molar-refractivity contribution in [3.05, 3.63) is 59.2 Å². The fourth-order valence-corrected chi connectivity index (χ4v) is 3.88. The van der Waals surface area contributed by atoms with Crippen LogP contribution in [0.4, 0.5) is 5.69 Å². The van der Waals surface area contributed by atoms with Crippen LogP contribution in [0.3, 0.4) is 0 Å². The van der Waals surface area contributed by atoms with E-state index in [-0.39, 0.29) is 24.9 Å². The van der Waals surface area contributed by atoms with Crippen LogP contribution in [0.1, 0.15) is 23.6 Å². The Kier molecular flexibility index (Phi) is 8.85. The van der Waals surface area contributed by atoms with Gasteiger partial charge in [-0.25, -0.2) is 5.01 Å². The van der Waals surface area contributed by atoms with Gasteiger partial charge in [-0.3, -0.25) is 14.6 Å². The number of hydrogen-bond donors (Lipinski definition) is 2. The third-order valence-electron chi connectivity index (χ3n) is 5.79. The normalized spacial score (nSPS) is 12.5. The molecule has 2 aromatic carbocycles. The number of fused-ring (bicyclic) bond motifs is 1. The molecule has 180 valence electrons. The lowest BCUT2D eigenvalue weighted by atomic mass is 10.1. The minimum atomic E-state index is -0.216. The monoisotopic (exact) mass is 464 g/mol. The summed E-state index contributed by atoms with van der Waals surface area (Å²) in [5, 5.41) is 19.0. The molecule has 3 rings (SSSR count). The number of likely N-dealkylation sites (N-methyl/N-ethyl adjacent to an activating group) is 2. The molecule has 1 heterocycles. The molecular formula is C25H32N6O3. The maximum Gasteiger partial charge on any atom is 0.256 e. The van der Waals surface area contributed by atoms with E-state index >= 15 is 0 Å². The smallest absolute Gasteiger partial charge is 0.256 e. The van der Waals surface area contributed by atoms with E-state index in [9.17, 15) is 14.9 Å². The van der Waals surface area contributed by atoms with Crippen molar-refractivity contribution in [2.24, 2.45) is 0 Å². The largest absolute Gasteiger partial charge is 0.495 e. The van der Waals surface area contributed by atoms with Crippen LogP contribution in [-0.2, 0) is 22.7 Å². The van der Waals surface area contributed by atoms with E-state index in [0.29, 0.717) is 43.2 Å². The van der Waals surface area contributed by atoms with Crippen LogP contribution in [0.25, 0.3) is 0 Å². The molecule has 34 heavy (non-hydrogen) atoms. The molecule has 0 unspecified atom stereocenters. The molecule has 0 aromatic heterocycles. The van der Waals surface area contributed by atoms with Gasteiger partial charge >= 0.3 is 0 Å². The molecule has 0 fully saturated rings. The maximum atomic E-state index is 13.3. The first-order valence-corrected chi connectivity index (χ1v) is 11.4. The average Bonchev–Trinajstić information content (AvgIpc) is 3.29. The predicted molar refractivity (Wildman–Crippen MR) is 130 cm³/mol. The zero-order valence-electron chi connectivity index (χ0n) is 20.0. The molecule has 1 aliphatic rings. The molecule has 2 amide bonds. The fraction of sp³-hybridized carbons (Fsp3) is 0.400. The van der Waals surface area contributed by atoms with Crippen molar-refractivity contribution in [2.45, 2.75) is 20.0 Å². The molecule has 0 saturated heterocycles. The average molecular weight is 465 g/mol. The van der Waals surface area contributed by atoms with Crippen molar-refractivity contribution in [3.63, 3.8) is 0 Å². The van der Waals surface area contributed by atoms with Crippen molar-refractivity contribution in [3.8, 4) is 11.8 Å². The van der Waals surface area contributed by atoms with Crippen LogP contribution in [0, 0.1) is 11.3 Å². The molecule has 9 nitrogen and oxygen atoms in total. The first-order valence-electron chi connectivity index (χ1n) is 11.4. The van der Waals surface area contributed by atoms with E-state index in [1.165, 1.54) is 18.2 Å². The van der Waals surface area contributed by atoms with Gasteiger partial charge in [-0.05, 0) is 35.9 Å². The van der Waals surface area contributed by atoms with Gasteiger partial charge in [0, 0.05) is 33.2 Å². The maximum absolute atomic E-state index is 13.3. The standard InChI is InChI=1S/C25H32N6O3/c1-4-27-11-12-28-24(32)17-30(22-13-19(14-26)9-10-23(22)34-3)18-25(33)29(2)31-15-20-7-5-6-8-21(20)16-31/h5-10,13,27H,4,11-12,15-18H2,1-3H3,(H,28,32). The first-order chi connectivity index (χ1) is 16.5. The summed E-state index contributed by atoms with van der Waals surface area (Å²) in [6.07, 6.45) is 0. The second-order valence-corrected chi connectivity index (χ2v) is 8.07. The summed E-state index contributed by atoms with van der Waals surface area (Å²) < 4.78 is 5.48. The van der Waals surface area contributed by atoms with Gasteiger partial charge < -0.3 is 20.3 Å². The van der Waals surface area contributed by atoms with E-state index in [1.807, 2.05) is 24.1 Å². The molecule has 2 N–H and O–H groups in total. The molecule has 0 atom stereocenters. The molecule has 0 bridgehead atoms. The molecule has 0 radical (unpaired) electrons. The lowest BCUT2D eigenvalue weighted by molar-refractivity contribution is -0.145. The highest BCUT2D eigenvalue weighted by Gasteiger charge is 2.27. The Labute approximate surface area is 200 Å². The number of nitrogens with zero attached hydrogens (tertiary/aromatic N) is 4. The number of hydrogen-bond acceptors (Lipinski definition) is 7. The molecule has 9 heteroatoms. The second kappa shape index (κ2) is 12.0. The summed E-state index contributed by atoms with van der Waals surface area (Å²) in [6, 6.07) is 15.2. The molecule has 0 aliphatic carbocycles. The van der Waals surface area contributed by atoms with E-state index in [4.69, 9.17) is 4.74 Å². The summed E-state index contributed by atoms with van der Waals surface area (Å²) in [5.41, 5.74) is 3.34. The first kappa shape index (κ1) is 25.0. The third kappa shape index (κ3) is 6.25. The van der Waals surface area contributed by atoms with Crippen LogP contribution in [-0.4, -0.2) is 68.7 Å². The topological polar surface area (TPSA) is 101 Å². The molecule has 1 aliphatic heterocycles. The summed E-state index contributed by atoms with van der Waals surface area (Å²) in [6.45, 7) is 5.17. The van der Waals surface area contributed by atoms with Gasteiger partial charge in [0.05, 0.1) is 37.5 Å². The predicted octanol–water partition coefficient (Wildman–Crippen LogP) is 1.49. The number of nitriles is 1. The highest BCUT2D eigenvalue weighted by molar-refractivity contribution is 5.87. The fourth-order valence-electron chi connectivity index (χ4n) is 3.88. The number of benzene rings is 2. The van der Waals surface area contributed by atoms with Gasteiger partial charge in [-0.1, -0.05) is 31.2 Å². The lowest BCUT2D eigenvalue weighted by Gasteiger charge is -2.31. The number of nitrogens with one attached hydrogen (secondary N) is 2. The number of rotatable bonds is 11. The number of amides is 2. The van der Waals surface area contributed by atoms with Gasteiger partial charge in [-0.15, -0.1) is 0 Å². The number of ether oxygens (including phenoxy) is 1. The van der Waals surface area contributed by atoms with Crippen LogP contribution < -0.4 is 20.3 Å². The van der Waals surface area contributed by atoms with Gasteiger partial charge in [-0.2, -0.15) is 5.26 Å². The Hall–Kier alpha value is -3.61. The highest BCUT2D eigenvalue weighted by Crippen LogP contribution is 2.30. The summed E-state index contributed by atoms with van der Waals surface area (Å²) in [7, 11) is 3.26. The Morgan fingerprint density at radius 1 is 1.12 bits per heavy atom. The Bertz CT molecular complexity index is 1030. The molecular weight excluding hydrogens is 432 g/mol. The Morgan fingerprint density at radius 2 is 1.82 bits per heavy atom. The zero-order valence-corrected chi connectivity index (χ0v) is 20.0. The highest BCUT2D eigenvalue weighted by atomic mass is 16.5. The Balaban J connectivity index is 1.76. The van der Waals surface area contributed by atoms with E-state index < -0.39 is 0 Å². The van der Waals surface area contributed by atoms with E-state index in [0.717, 1.165) is 6.54 Å². The van der Waals surface area contributed by atoms with Gasteiger partial charge in [0.25, 0.3) is 5.91 Å². The quantitative estimate of drug-likeness (QED) is 0.486. The minimum absolute atomic E-state index is 0.0445. The van der Waals surface area contributed by atoms with Crippen molar-refractivity contribution in [1.29, 1.82) is 5.26 Å². The number of carbonyl (C=O) groups is 2. The van der Waals surface area contributed by atoms with E-state index in [1.54, 1.807) is 35.2 Å². The van der Waals surface area contributed by atoms with Gasteiger partial charge in [0.15, 0.2) is 0 Å². The van der Waals surface area contributed by atoms with Crippen molar-refractivity contribution < 1.29 is 14.3 Å². The Morgan fingerprint density at radius 3 is 2.44 bits per heavy atom. The van der Waals surface area contributed by atoms with E-state index in [2.05, 4.69) is 28.8 Å². The van der Waals surface area contributed by atoms with Crippen molar-refractivity contribution >= 4 is 17.5 Å². The number of carbonyl (C=O) groups excluding carboxylic acids is 2. The third-order valence-corrected chi connectivity index (χ3v) is 5.79. The van der Waals surface area contributed by atoms with Gasteiger partial charge in [0.1, 0.15) is 5.75 Å². The molecule has 2 aromatic rings.